The van der Waals surface area contributed by atoms with E-state index in [1.165, 1.54) is 17.9 Å². The van der Waals surface area contributed by atoms with Gasteiger partial charge in [0.1, 0.15) is 12.0 Å². The van der Waals surface area contributed by atoms with Gasteiger partial charge < -0.3 is 4.74 Å². The Morgan fingerprint density at radius 2 is 2.22 bits per heavy atom. The van der Waals surface area contributed by atoms with Gasteiger partial charge in [-0.25, -0.2) is 4.79 Å². The summed E-state index contributed by atoms with van der Waals surface area (Å²) in [6.07, 6.45) is 4.67. The second-order valence-corrected chi connectivity index (χ2v) is 4.68. The maximum absolute atomic E-state index is 11.5. The minimum absolute atomic E-state index is 0.246. The van der Waals surface area contributed by atoms with E-state index in [1.54, 1.807) is 19.2 Å². The normalized spacial score (nSPS) is 11.8. The third-order valence-corrected chi connectivity index (χ3v) is 2.81. The number of allylic oxidation sites excluding steroid dienone is 2. The van der Waals surface area contributed by atoms with Gasteiger partial charge in [-0.15, -0.1) is 0 Å². The SMILES string of the molecule is COC(=O)c1cc(C(C)(C)C/C=C/C=O)nn1C. The fourth-order valence-corrected chi connectivity index (χ4v) is 1.62. The summed E-state index contributed by atoms with van der Waals surface area (Å²) in [5.74, 6) is -0.407. The van der Waals surface area contributed by atoms with Gasteiger partial charge in [0.15, 0.2) is 0 Å². The summed E-state index contributed by atoms with van der Waals surface area (Å²) in [4.78, 5) is 21.7. The molecule has 0 fully saturated rings. The highest BCUT2D eigenvalue weighted by molar-refractivity contribution is 5.87. The van der Waals surface area contributed by atoms with Crippen molar-refractivity contribution < 1.29 is 14.3 Å². The number of aldehydes is 1. The third-order valence-electron chi connectivity index (χ3n) is 2.81. The fourth-order valence-electron chi connectivity index (χ4n) is 1.62. The molecule has 5 heteroatoms. The number of esters is 1. The van der Waals surface area contributed by atoms with Gasteiger partial charge in [-0.05, 0) is 18.6 Å². The molecule has 0 aliphatic rings. The quantitative estimate of drug-likeness (QED) is 0.452. The van der Waals surface area contributed by atoms with Crippen LogP contribution in [-0.2, 0) is 22.0 Å². The zero-order valence-corrected chi connectivity index (χ0v) is 11.1. The number of nitrogens with zero attached hydrogens (tertiary/aromatic N) is 2. The average molecular weight is 250 g/mol. The number of carbonyl (C=O) groups is 2. The Kier molecular flexibility index (Phi) is 4.42. The molecule has 0 atom stereocenters. The molecule has 0 unspecified atom stereocenters. The molecule has 0 aliphatic carbocycles. The molecule has 0 spiro atoms. The molecule has 1 aromatic rings. The van der Waals surface area contributed by atoms with Crippen molar-refractivity contribution in [3.05, 3.63) is 29.6 Å². The average Bonchev–Trinajstić information content (AvgIpc) is 2.71. The summed E-state index contributed by atoms with van der Waals surface area (Å²) in [6.45, 7) is 4.01. The van der Waals surface area contributed by atoms with E-state index in [2.05, 4.69) is 9.84 Å². The minimum Gasteiger partial charge on any atom is -0.464 e. The van der Waals surface area contributed by atoms with Crippen molar-refractivity contribution in [2.75, 3.05) is 7.11 Å². The first kappa shape index (κ1) is 14.2. The molecule has 0 aromatic carbocycles. The molecule has 1 rings (SSSR count). The Bertz CT molecular complexity index is 473. The molecule has 1 heterocycles. The van der Waals surface area contributed by atoms with E-state index >= 15 is 0 Å². The van der Waals surface area contributed by atoms with Crippen molar-refractivity contribution in [3.8, 4) is 0 Å². The van der Waals surface area contributed by atoms with Gasteiger partial charge in [0.2, 0.25) is 0 Å². The molecular weight excluding hydrogens is 232 g/mol. The fraction of sp³-hybridized carbons (Fsp3) is 0.462. The lowest BCUT2D eigenvalue weighted by Gasteiger charge is -2.19. The van der Waals surface area contributed by atoms with E-state index in [0.717, 1.165) is 12.0 Å². The van der Waals surface area contributed by atoms with Crippen LogP contribution in [-0.4, -0.2) is 29.1 Å². The first-order valence-electron chi connectivity index (χ1n) is 5.65. The van der Waals surface area contributed by atoms with Crippen LogP contribution in [0.1, 0.15) is 36.5 Å². The molecule has 0 saturated carbocycles. The Morgan fingerprint density at radius 3 is 2.78 bits per heavy atom. The lowest BCUT2D eigenvalue weighted by molar-refractivity contribution is -0.104. The maximum atomic E-state index is 11.5. The zero-order valence-electron chi connectivity index (χ0n) is 11.1. The van der Waals surface area contributed by atoms with Crippen LogP contribution in [0.15, 0.2) is 18.2 Å². The van der Waals surface area contributed by atoms with Crippen molar-refractivity contribution >= 4 is 12.3 Å². The van der Waals surface area contributed by atoms with Crippen LogP contribution >= 0.6 is 0 Å². The van der Waals surface area contributed by atoms with Crippen molar-refractivity contribution in [3.63, 3.8) is 0 Å². The molecule has 0 saturated heterocycles. The molecule has 98 valence electrons. The monoisotopic (exact) mass is 250 g/mol. The van der Waals surface area contributed by atoms with Crippen molar-refractivity contribution in [1.82, 2.24) is 9.78 Å². The lowest BCUT2D eigenvalue weighted by atomic mass is 9.85. The molecule has 18 heavy (non-hydrogen) atoms. The standard InChI is InChI=1S/C13H18N2O3/c1-13(2,7-5-6-8-16)11-9-10(12(17)18-4)15(3)14-11/h5-6,8-9H,7H2,1-4H3/b6-5+. The predicted molar refractivity (Wildman–Crippen MR) is 67.4 cm³/mol. The Hall–Kier alpha value is -1.91. The number of hydrogen-bond acceptors (Lipinski definition) is 4. The number of aryl methyl sites for hydroxylation is 1. The third kappa shape index (κ3) is 3.06. The van der Waals surface area contributed by atoms with Crippen molar-refractivity contribution in [1.29, 1.82) is 0 Å². The first-order valence-corrected chi connectivity index (χ1v) is 5.65. The van der Waals surface area contributed by atoms with Crippen LogP contribution in [0, 0.1) is 0 Å². The summed E-state index contributed by atoms with van der Waals surface area (Å²) in [5, 5.41) is 4.32. The summed E-state index contributed by atoms with van der Waals surface area (Å²) in [7, 11) is 3.04. The van der Waals surface area contributed by atoms with Crippen molar-refractivity contribution in [2.24, 2.45) is 7.05 Å². The molecule has 0 radical (unpaired) electrons. The highest BCUT2D eigenvalue weighted by Gasteiger charge is 2.25. The zero-order chi connectivity index (χ0) is 13.8. The van der Waals surface area contributed by atoms with Crippen LogP contribution in [0.5, 0.6) is 0 Å². The molecule has 0 amide bonds. The van der Waals surface area contributed by atoms with E-state index in [1.807, 2.05) is 13.8 Å². The van der Waals surface area contributed by atoms with Gasteiger partial charge in [-0.2, -0.15) is 5.10 Å². The predicted octanol–water partition coefficient (Wildman–Crippen LogP) is 1.63. The Balaban J connectivity index is 2.99. The van der Waals surface area contributed by atoms with Crippen LogP contribution in [0.25, 0.3) is 0 Å². The van der Waals surface area contributed by atoms with E-state index in [9.17, 15) is 9.59 Å². The van der Waals surface area contributed by atoms with Gasteiger partial charge in [0, 0.05) is 12.5 Å². The molecular formula is C13H18N2O3. The van der Waals surface area contributed by atoms with E-state index in [-0.39, 0.29) is 5.41 Å². The summed E-state index contributed by atoms with van der Waals surface area (Å²) in [6, 6.07) is 1.72. The maximum Gasteiger partial charge on any atom is 0.356 e. The number of methoxy groups -OCH3 is 1. The largest absolute Gasteiger partial charge is 0.464 e. The number of rotatable bonds is 5. The van der Waals surface area contributed by atoms with E-state index in [4.69, 9.17) is 0 Å². The highest BCUT2D eigenvalue weighted by atomic mass is 16.5. The molecule has 0 bridgehead atoms. The second kappa shape index (κ2) is 5.62. The van der Waals surface area contributed by atoms with Gasteiger partial charge >= 0.3 is 5.97 Å². The number of ether oxygens (including phenoxy) is 1. The van der Waals surface area contributed by atoms with Crippen molar-refractivity contribution in [2.45, 2.75) is 25.7 Å². The van der Waals surface area contributed by atoms with Crippen LogP contribution in [0.4, 0.5) is 0 Å². The summed E-state index contributed by atoms with van der Waals surface area (Å²) >= 11 is 0. The van der Waals surface area contributed by atoms with E-state index < -0.39 is 5.97 Å². The Labute approximate surface area is 106 Å². The first-order chi connectivity index (χ1) is 8.42. The second-order valence-electron chi connectivity index (χ2n) is 4.68. The molecule has 1 aromatic heterocycles. The smallest absolute Gasteiger partial charge is 0.356 e. The lowest BCUT2D eigenvalue weighted by Crippen LogP contribution is -2.17. The summed E-state index contributed by atoms with van der Waals surface area (Å²) in [5.41, 5.74) is 0.963. The minimum atomic E-state index is -0.407. The number of hydrogen-bond donors (Lipinski definition) is 0. The number of aromatic nitrogens is 2. The topological polar surface area (TPSA) is 61.2 Å². The number of carbonyl (C=O) groups excluding carboxylic acids is 2. The van der Waals surface area contributed by atoms with Gasteiger partial charge in [-0.3, -0.25) is 9.48 Å². The molecule has 0 aliphatic heterocycles. The van der Waals surface area contributed by atoms with Crippen LogP contribution in [0.2, 0.25) is 0 Å². The van der Waals surface area contributed by atoms with Gasteiger partial charge in [0.25, 0.3) is 0 Å². The Morgan fingerprint density at radius 1 is 1.56 bits per heavy atom. The molecule has 5 nitrogen and oxygen atoms in total. The van der Waals surface area contributed by atoms with E-state index in [0.29, 0.717) is 12.1 Å². The summed E-state index contributed by atoms with van der Waals surface area (Å²) < 4.78 is 6.19. The van der Waals surface area contributed by atoms with Crippen LogP contribution < -0.4 is 0 Å². The van der Waals surface area contributed by atoms with Crippen LogP contribution in [0.3, 0.4) is 0 Å². The highest BCUT2D eigenvalue weighted by Crippen LogP contribution is 2.26. The van der Waals surface area contributed by atoms with Gasteiger partial charge in [0.05, 0.1) is 12.8 Å². The molecule has 0 N–H and O–H groups in total. The van der Waals surface area contributed by atoms with Gasteiger partial charge in [-0.1, -0.05) is 19.9 Å².